The van der Waals surface area contributed by atoms with E-state index in [-0.39, 0.29) is 16.7 Å². The van der Waals surface area contributed by atoms with Gasteiger partial charge >= 0.3 is 0 Å². The van der Waals surface area contributed by atoms with E-state index in [1.165, 1.54) is 21.3 Å². The lowest BCUT2D eigenvalue weighted by atomic mass is 10.2. The lowest BCUT2D eigenvalue weighted by Gasteiger charge is -2.26. The zero-order chi connectivity index (χ0) is 53.1. The molecule has 0 spiro atoms. The van der Waals surface area contributed by atoms with Gasteiger partial charge < -0.3 is 5.10 Å². The number of allylic oxidation sites excluding steroid dienone is 1. The Morgan fingerprint density at radius 3 is 1.33 bits per heavy atom. The summed E-state index contributed by atoms with van der Waals surface area (Å²) in [5, 5.41) is 19.9. The molecule has 8 rings (SSSR count). The van der Waals surface area contributed by atoms with Crippen molar-refractivity contribution in [2.75, 3.05) is 19.8 Å². The molecule has 72 heavy (non-hydrogen) atoms. The SMILES string of the molecule is C=C1C=C(CSc2cc(C)c(Cl)cc2Cl)N(C)N1C.Cc1cc(SCc2cc(=O)[nH][nH]2)c(Cl)cc1Cl.Cc1cc(SCc2cc(=O)[nH]n2C)c(Cl)cc1Cl.Cc1cc(SCc2cc(=O)n(C)[nH]2)c(C)cc1Cl. The molecule has 0 unspecified atom stereocenters. The molecular weight excluding hydrogens is 1140 g/mol. The van der Waals surface area contributed by atoms with Crippen molar-refractivity contribution in [1.82, 2.24) is 39.8 Å². The molecule has 0 fully saturated rings. The number of aryl methyl sites for hydroxylation is 7. The van der Waals surface area contributed by atoms with E-state index in [2.05, 4.69) is 44.1 Å². The number of H-pyrrole nitrogens is 4. The molecule has 0 saturated heterocycles. The van der Waals surface area contributed by atoms with Crippen LogP contribution in [-0.4, -0.2) is 59.6 Å². The van der Waals surface area contributed by atoms with Crippen LogP contribution in [0.4, 0.5) is 0 Å². The fourth-order valence-electron chi connectivity index (χ4n) is 6.38. The smallest absolute Gasteiger partial charge is 0.266 e. The Hall–Kier alpha value is -3.58. The fraction of sp³-hybridized carbons (Fsp3) is 0.260. The summed E-state index contributed by atoms with van der Waals surface area (Å²) in [6, 6.07) is 20.0. The topological polar surface area (TPSA) is 131 Å². The monoisotopic (exact) mass is 1190 g/mol. The molecule has 0 radical (unpaired) electrons. The Morgan fingerprint density at radius 1 is 0.444 bits per heavy atom. The number of hydrogen-bond acceptors (Lipinski definition) is 9. The summed E-state index contributed by atoms with van der Waals surface area (Å²) in [5.74, 6) is 2.92. The number of hydrogen-bond donors (Lipinski definition) is 4. The summed E-state index contributed by atoms with van der Waals surface area (Å²) >= 11 is 49.0. The van der Waals surface area contributed by atoms with E-state index in [9.17, 15) is 14.4 Å². The number of rotatable bonds is 12. The van der Waals surface area contributed by atoms with Crippen LogP contribution in [0.3, 0.4) is 0 Å². The van der Waals surface area contributed by atoms with Crippen LogP contribution in [-0.2, 0) is 31.4 Å². The second-order valence-electron chi connectivity index (χ2n) is 16.4. The largest absolute Gasteiger partial charge is 0.301 e. The van der Waals surface area contributed by atoms with Gasteiger partial charge in [0.25, 0.3) is 16.7 Å². The Balaban J connectivity index is 0.000000178. The molecule has 0 bridgehead atoms. The highest BCUT2D eigenvalue weighted by Gasteiger charge is 2.19. The van der Waals surface area contributed by atoms with Crippen molar-refractivity contribution in [3.63, 3.8) is 0 Å². The first-order valence-corrected chi connectivity index (χ1v) is 28.3. The van der Waals surface area contributed by atoms with E-state index in [0.717, 1.165) is 81.8 Å². The summed E-state index contributed by atoms with van der Waals surface area (Å²) in [6.07, 6.45) is 2.09. The molecule has 1 aliphatic heterocycles. The Morgan fingerprint density at radius 2 is 0.903 bits per heavy atom. The van der Waals surface area contributed by atoms with Gasteiger partial charge in [-0.2, -0.15) is 0 Å². The summed E-state index contributed by atoms with van der Waals surface area (Å²) in [6.45, 7) is 13.9. The van der Waals surface area contributed by atoms with Crippen LogP contribution in [0.1, 0.15) is 44.9 Å². The van der Waals surface area contributed by atoms with Crippen LogP contribution in [0.15, 0.2) is 125 Å². The van der Waals surface area contributed by atoms with E-state index in [4.69, 9.17) is 81.2 Å². The van der Waals surface area contributed by atoms with Gasteiger partial charge in [-0.05, 0) is 117 Å². The number of halogens is 7. The maximum Gasteiger partial charge on any atom is 0.266 e. The van der Waals surface area contributed by atoms with Gasteiger partial charge in [0, 0.05) is 126 Å². The molecule has 1 aliphatic rings. The van der Waals surface area contributed by atoms with Crippen LogP contribution in [0.25, 0.3) is 0 Å². The number of hydrazine groups is 1. The third-order valence-corrected chi connectivity index (χ3v) is 18.2. The maximum absolute atomic E-state index is 11.3. The van der Waals surface area contributed by atoms with Crippen molar-refractivity contribution in [2.45, 2.75) is 71.5 Å². The Kier molecular flexibility index (Phi) is 22.5. The number of likely N-dealkylation sites (N-methyl/N-ethyl adjacent to an activating group) is 1. The predicted molar refractivity (Wildman–Crippen MR) is 310 cm³/mol. The Bertz CT molecular complexity index is 3270. The predicted octanol–water partition coefficient (Wildman–Crippen LogP) is 15.1. The van der Waals surface area contributed by atoms with E-state index in [1.54, 1.807) is 89.1 Å². The first-order chi connectivity index (χ1) is 33.9. The zero-order valence-corrected chi connectivity index (χ0v) is 49.3. The van der Waals surface area contributed by atoms with Crippen molar-refractivity contribution >= 4 is 128 Å². The fourth-order valence-corrected chi connectivity index (χ4v) is 12.2. The van der Waals surface area contributed by atoms with Gasteiger partial charge in [-0.25, -0.2) is 0 Å². The summed E-state index contributed by atoms with van der Waals surface area (Å²) in [7, 11) is 7.55. The van der Waals surface area contributed by atoms with Gasteiger partial charge in [0.1, 0.15) is 0 Å². The number of nitrogens with zero attached hydrogens (tertiary/aromatic N) is 4. The highest BCUT2D eigenvalue weighted by molar-refractivity contribution is 7.99. The molecule has 0 atom stereocenters. The average Bonchev–Trinajstić information content (AvgIpc) is 4.05. The first-order valence-electron chi connectivity index (χ1n) is 21.7. The number of aromatic nitrogens is 6. The molecule has 0 amide bonds. The number of aromatic amines is 4. The van der Waals surface area contributed by atoms with E-state index < -0.39 is 0 Å². The van der Waals surface area contributed by atoms with Crippen LogP contribution >= 0.6 is 128 Å². The quantitative estimate of drug-likeness (QED) is 0.0884. The number of benzene rings is 4. The molecule has 4 heterocycles. The molecule has 7 aromatic rings. The molecule has 11 nitrogen and oxygen atoms in total. The number of nitrogens with one attached hydrogen (secondary N) is 4. The van der Waals surface area contributed by atoms with E-state index >= 15 is 0 Å². The maximum atomic E-state index is 11.3. The molecule has 0 aliphatic carbocycles. The molecule has 4 N–H and O–H groups in total. The highest BCUT2D eigenvalue weighted by Crippen LogP contribution is 2.37. The van der Waals surface area contributed by atoms with Crippen molar-refractivity contribution < 1.29 is 0 Å². The van der Waals surface area contributed by atoms with Crippen LogP contribution in [0.2, 0.25) is 35.2 Å². The third kappa shape index (κ3) is 17.0. The lowest BCUT2D eigenvalue weighted by Crippen LogP contribution is -2.29. The van der Waals surface area contributed by atoms with Gasteiger partial charge in [0.15, 0.2) is 0 Å². The van der Waals surface area contributed by atoms with Gasteiger partial charge in [-0.3, -0.25) is 49.1 Å². The highest BCUT2D eigenvalue weighted by atomic mass is 35.5. The van der Waals surface area contributed by atoms with Gasteiger partial charge in [-0.1, -0.05) is 87.8 Å². The lowest BCUT2D eigenvalue weighted by molar-refractivity contribution is 0.135. The zero-order valence-electron chi connectivity index (χ0n) is 40.8. The second kappa shape index (κ2) is 27.3. The van der Waals surface area contributed by atoms with Crippen molar-refractivity contribution in [3.8, 4) is 0 Å². The summed E-state index contributed by atoms with van der Waals surface area (Å²) in [4.78, 5) is 37.6. The standard InChI is InChI=1S/C14H16Cl2N2S.C13H15ClN2OS.C12H12Cl2N2OS.C11H10Cl2N2OS/c1-9-5-14(13(16)7-12(9)15)19-8-11-6-10(2)17(3)18(11)4;1-8-5-12(9(2)4-11(8)14)18-7-10-6-13(17)16(3)15-10;1-7-3-11(10(14)5-9(7)13)18-6-8-4-12(17)15-16(8)2;1-6-2-10(9(13)4-8(6)12)17-5-7-3-11(16)15-14-7/h5-7H,2,8H2,1,3-4H3;4-6,15H,7H2,1-3H3;3-5H,6H2,1-2H3,(H,15,17);2-4H,5H2,1H3,(H2,14,15,16). The minimum atomic E-state index is -0.126. The van der Waals surface area contributed by atoms with Crippen LogP contribution < -0.4 is 16.7 Å². The molecule has 384 valence electrons. The Labute approximate surface area is 471 Å². The van der Waals surface area contributed by atoms with Gasteiger partial charge in [0.2, 0.25) is 0 Å². The second-order valence-corrected chi connectivity index (χ2v) is 23.3. The van der Waals surface area contributed by atoms with Crippen molar-refractivity contribution in [3.05, 3.63) is 202 Å². The summed E-state index contributed by atoms with van der Waals surface area (Å²) < 4.78 is 3.20. The van der Waals surface area contributed by atoms with E-state index in [1.807, 2.05) is 85.0 Å². The van der Waals surface area contributed by atoms with Gasteiger partial charge in [0.05, 0.1) is 26.5 Å². The van der Waals surface area contributed by atoms with E-state index in [0.29, 0.717) is 41.6 Å². The van der Waals surface area contributed by atoms with Crippen LogP contribution in [0, 0.1) is 34.6 Å². The normalized spacial score (nSPS) is 12.0. The molecular formula is C50H53Cl7N8O3S4. The molecule has 22 heteroatoms. The van der Waals surface area contributed by atoms with Crippen LogP contribution in [0.5, 0.6) is 0 Å². The average molecular weight is 1190 g/mol. The minimum absolute atomic E-state index is 0.00499. The minimum Gasteiger partial charge on any atom is -0.301 e. The molecule has 3 aromatic heterocycles. The number of thioether (sulfide) groups is 4. The van der Waals surface area contributed by atoms with Crippen molar-refractivity contribution in [1.29, 1.82) is 0 Å². The summed E-state index contributed by atoms with van der Waals surface area (Å²) in [5.41, 5.74) is 9.94. The molecule has 0 saturated carbocycles. The van der Waals surface area contributed by atoms with Gasteiger partial charge in [-0.15, -0.1) is 47.0 Å². The third-order valence-electron chi connectivity index (χ3n) is 10.8. The molecule has 4 aromatic carbocycles. The first kappa shape index (κ1) is 59.3. The van der Waals surface area contributed by atoms with Crippen molar-refractivity contribution in [2.24, 2.45) is 14.1 Å².